The first-order chi connectivity index (χ1) is 13.1. The molecule has 0 radical (unpaired) electrons. The fourth-order valence-electron chi connectivity index (χ4n) is 2.98. The zero-order valence-electron chi connectivity index (χ0n) is 16.0. The summed E-state index contributed by atoms with van der Waals surface area (Å²) in [5, 5.41) is 28.8. The van der Waals surface area contributed by atoms with Crippen LogP contribution in [-0.4, -0.2) is 48.3 Å². The van der Waals surface area contributed by atoms with Gasteiger partial charge in [0.15, 0.2) is 6.29 Å². The first kappa shape index (κ1) is 21.7. The highest BCUT2D eigenvalue weighted by Gasteiger charge is 2.29. The van der Waals surface area contributed by atoms with Crippen molar-refractivity contribution in [1.82, 2.24) is 4.72 Å². The van der Waals surface area contributed by atoms with Gasteiger partial charge in [-0.3, -0.25) is 4.72 Å². The fourth-order valence-corrected chi connectivity index (χ4v) is 3.71. The van der Waals surface area contributed by atoms with E-state index in [0.717, 1.165) is 43.4 Å². The number of benzene rings is 1. The Hall–Kier alpha value is -1.56. The molecule has 7 heteroatoms. The SMILES string of the molecule is CCCN(CCC)c1ccc(/C=C(\C#N)SNC2CC(O)COC2O)cc1. The number of aliphatic hydroxyl groups excluding tert-OH is 2. The van der Waals surface area contributed by atoms with E-state index in [1.807, 2.05) is 12.1 Å². The Kier molecular flexibility index (Phi) is 9.11. The van der Waals surface area contributed by atoms with E-state index >= 15 is 0 Å². The predicted octanol–water partition coefficient (Wildman–Crippen LogP) is 2.88. The number of ether oxygens (including phenoxy) is 1. The molecule has 1 heterocycles. The molecule has 1 aromatic rings. The molecule has 27 heavy (non-hydrogen) atoms. The van der Waals surface area contributed by atoms with Crippen LogP contribution < -0.4 is 9.62 Å². The lowest BCUT2D eigenvalue weighted by molar-refractivity contribution is -0.168. The van der Waals surface area contributed by atoms with Crippen molar-refractivity contribution in [3.05, 3.63) is 34.7 Å². The van der Waals surface area contributed by atoms with Crippen molar-refractivity contribution in [3.63, 3.8) is 0 Å². The molecule has 0 bridgehead atoms. The largest absolute Gasteiger partial charge is 0.391 e. The number of hydrogen-bond donors (Lipinski definition) is 3. The van der Waals surface area contributed by atoms with Crippen LogP contribution in [-0.2, 0) is 4.74 Å². The molecule has 0 aliphatic carbocycles. The summed E-state index contributed by atoms with van der Waals surface area (Å²) in [5.74, 6) is 0. The topological polar surface area (TPSA) is 88.8 Å². The van der Waals surface area contributed by atoms with Crippen molar-refractivity contribution in [2.45, 2.75) is 51.5 Å². The van der Waals surface area contributed by atoms with Gasteiger partial charge in [0.2, 0.25) is 0 Å². The molecule has 1 aliphatic heterocycles. The summed E-state index contributed by atoms with van der Waals surface area (Å²) >= 11 is 1.14. The molecule has 2 rings (SSSR count). The lowest BCUT2D eigenvalue weighted by Crippen LogP contribution is -2.46. The van der Waals surface area contributed by atoms with Gasteiger partial charge < -0.3 is 19.8 Å². The quantitative estimate of drug-likeness (QED) is 0.440. The maximum Gasteiger partial charge on any atom is 0.171 e. The molecule has 0 aromatic heterocycles. The van der Waals surface area contributed by atoms with Crippen molar-refractivity contribution in [1.29, 1.82) is 5.26 Å². The molecule has 3 N–H and O–H groups in total. The Morgan fingerprint density at radius 2 is 1.96 bits per heavy atom. The molecule has 1 fully saturated rings. The summed E-state index contributed by atoms with van der Waals surface area (Å²) in [5.41, 5.74) is 2.13. The molecule has 1 aromatic carbocycles. The molecule has 6 nitrogen and oxygen atoms in total. The minimum absolute atomic E-state index is 0.129. The molecule has 0 amide bonds. The van der Waals surface area contributed by atoms with Gasteiger partial charge >= 0.3 is 0 Å². The highest BCUT2D eigenvalue weighted by Crippen LogP contribution is 2.22. The number of anilines is 1. The van der Waals surface area contributed by atoms with E-state index in [4.69, 9.17) is 4.74 Å². The lowest BCUT2D eigenvalue weighted by atomic mass is 10.1. The van der Waals surface area contributed by atoms with E-state index in [9.17, 15) is 15.5 Å². The molecule has 3 unspecified atom stereocenters. The normalized spacial score (nSPS) is 23.1. The first-order valence-corrected chi connectivity index (χ1v) is 10.3. The Labute approximate surface area is 166 Å². The maximum atomic E-state index is 9.82. The van der Waals surface area contributed by atoms with E-state index in [2.05, 4.69) is 41.7 Å². The predicted molar refractivity (Wildman–Crippen MR) is 110 cm³/mol. The summed E-state index contributed by atoms with van der Waals surface area (Å²) < 4.78 is 8.10. The van der Waals surface area contributed by atoms with Gasteiger partial charge in [0, 0.05) is 18.8 Å². The minimum atomic E-state index is -0.983. The third kappa shape index (κ3) is 6.83. The van der Waals surface area contributed by atoms with Gasteiger partial charge in [-0.25, -0.2) is 0 Å². The van der Waals surface area contributed by atoms with E-state index in [-0.39, 0.29) is 6.61 Å². The van der Waals surface area contributed by atoms with Crippen molar-refractivity contribution >= 4 is 23.7 Å². The Bertz CT molecular complexity index is 639. The van der Waals surface area contributed by atoms with Crippen LogP contribution in [0.25, 0.3) is 6.08 Å². The zero-order chi connectivity index (χ0) is 19.6. The van der Waals surface area contributed by atoms with Gasteiger partial charge in [0.1, 0.15) is 11.0 Å². The van der Waals surface area contributed by atoms with Crippen LogP contribution >= 0.6 is 11.9 Å². The Balaban J connectivity index is 1.99. The summed E-state index contributed by atoms with van der Waals surface area (Å²) in [7, 11) is 0. The van der Waals surface area contributed by atoms with Crippen LogP contribution in [0.1, 0.15) is 38.7 Å². The van der Waals surface area contributed by atoms with Crippen molar-refractivity contribution in [2.24, 2.45) is 0 Å². The zero-order valence-corrected chi connectivity index (χ0v) is 16.8. The summed E-state index contributed by atoms with van der Waals surface area (Å²) in [6.07, 6.45) is 2.80. The molecule has 1 saturated heterocycles. The average molecular weight is 392 g/mol. The molecule has 3 atom stereocenters. The van der Waals surface area contributed by atoms with Crippen LogP contribution in [0.15, 0.2) is 29.2 Å². The molecular weight excluding hydrogens is 362 g/mol. The van der Waals surface area contributed by atoms with Crippen LogP contribution in [0, 0.1) is 11.3 Å². The van der Waals surface area contributed by atoms with Crippen LogP contribution in [0.4, 0.5) is 5.69 Å². The number of rotatable bonds is 9. The molecular formula is C20H29N3O3S. The second kappa shape index (κ2) is 11.3. The van der Waals surface area contributed by atoms with Gasteiger partial charge in [0.25, 0.3) is 0 Å². The summed E-state index contributed by atoms with van der Waals surface area (Å²) in [6, 6.07) is 9.92. The van der Waals surface area contributed by atoms with E-state index in [1.165, 1.54) is 5.69 Å². The first-order valence-electron chi connectivity index (χ1n) is 9.44. The number of hydrogen-bond acceptors (Lipinski definition) is 7. The van der Waals surface area contributed by atoms with E-state index in [1.54, 1.807) is 6.08 Å². The number of nitriles is 1. The fraction of sp³-hybridized carbons (Fsp3) is 0.550. The second-order valence-corrected chi connectivity index (χ2v) is 7.52. The third-order valence-electron chi connectivity index (χ3n) is 4.30. The van der Waals surface area contributed by atoms with Gasteiger partial charge in [-0.2, -0.15) is 5.26 Å². The van der Waals surface area contributed by atoms with E-state index in [0.29, 0.717) is 11.3 Å². The molecule has 0 saturated carbocycles. The average Bonchev–Trinajstić information content (AvgIpc) is 2.68. The summed E-state index contributed by atoms with van der Waals surface area (Å²) in [6.45, 7) is 6.55. The lowest BCUT2D eigenvalue weighted by Gasteiger charge is -2.30. The summed E-state index contributed by atoms with van der Waals surface area (Å²) in [4.78, 5) is 2.85. The van der Waals surface area contributed by atoms with Crippen molar-refractivity contribution in [2.75, 3.05) is 24.6 Å². The number of nitrogens with zero attached hydrogens (tertiary/aromatic N) is 2. The van der Waals surface area contributed by atoms with Gasteiger partial charge in [-0.05, 0) is 55.0 Å². The highest BCUT2D eigenvalue weighted by atomic mass is 32.2. The van der Waals surface area contributed by atoms with Gasteiger partial charge in [-0.1, -0.05) is 26.0 Å². The number of aliphatic hydroxyl groups is 2. The monoisotopic (exact) mass is 391 g/mol. The Morgan fingerprint density at radius 1 is 1.30 bits per heavy atom. The molecule has 0 spiro atoms. The Morgan fingerprint density at radius 3 is 2.56 bits per heavy atom. The third-order valence-corrected chi connectivity index (χ3v) is 5.15. The smallest absolute Gasteiger partial charge is 0.171 e. The number of nitrogens with one attached hydrogen (secondary N) is 1. The van der Waals surface area contributed by atoms with Crippen LogP contribution in [0.2, 0.25) is 0 Å². The van der Waals surface area contributed by atoms with Gasteiger partial charge in [0.05, 0.1) is 18.8 Å². The molecule has 148 valence electrons. The number of allylic oxidation sites excluding steroid dienone is 1. The maximum absolute atomic E-state index is 9.82. The highest BCUT2D eigenvalue weighted by molar-refractivity contribution is 8.01. The van der Waals surface area contributed by atoms with E-state index < -0.39 is 18.4 Å². The minimum Gasteiger partial charge on any atom is -0.391 e. The van der Waals surface area contributed by atoms with Crippen molar-refractivity contribution in [3.8, 4) is 6.07 Å². The van der Waals surface area contributed by atoms with Crippen molar-refractivity contribution < 1.29 is 14.9 Å². The van der Waals surface area contributed by atoms with Crippen LogP contribution in [0.5, 0.6) is 0 Å². The van der Waals surface area contributed by atoms with Crippen LogP contribution in [0.3, 0.4) is 0 Å². The van der Waals surface area contributed by atoms with Gasteiger partial charge in [-0.15, -0.1) is 0 Å². The second-order valence-electron chi connectivity index (χ2n) is 6.64. The molecule has 1 aliphatic rings. The standard InChI is InChI=1S/C20H29N3O3S/c1-3-9-23(10-4-2)16-7-5-15(6-8-16)11-18(13-21)27-22-19-12-17(24)14-26-20(19)25/h5-8,11,17,19-20,22,24-25H,3-4,9-10,12,14H2,1-2H3/b18-11+.